The van der Waals surface area contributed by atoms with E-state index < -0.39 is 0 Å². The number of hydrogen-bond acceptors (Lipinski definition) is 5. The number of piperazine rings is 1. The van der Waals surface area contributed by atoms with Crippen molar-refractivity contribution in [3.05, 3.63) is 90.8 Å². The molecule has 0 bridgehead atoms. The summed E-state index contributed by atoms with van der Waals surface area (Å²) in [5, 5.41) is 1.38. The molecule has 35 heavy (non-hydrogen) atoms. The number of imidazole rings is 1. The molecule has 2 aromatic carbocycles. The number of aryl methyl sites for hydroxylation is 1. The summed E-state index contributed by atoms with van der Waals surface area (Å²) in [7, 11) is 3.15. The molecule has 0 spiro atoms. The third kappa shape index (κ3) is 4.61. The highest BCUT2D eigenvalue weighted by Crippen LogP contribution is 2.22. The Morgan fingerprint density at radius 3 is 2.26 bits per heavy atom. The van der Waals surface area contributed by atoms with E-state index in [0.29, 0.717) is 29.3 Å². The zero-order chi connectivity index (χ0) is 24.7. The molecule has 0 atom stereocenters. The van der Waals surface area contributed by atoms with E-state index in [4.69, 9.17) is 28.2 Å². The van der Waals surface area contributed by atoms with Gasteiger partial charge < -0.3 is 9.47 Å². The SMILES string of the molecule is Cn1c(=O)c2c(nc(CN3CCN(c4cccc(Cl)c4)CC3)n2Cc2ccc(Cl)cc2)n(C)c1=O. The second-order valence-corrected chi connectivity index (χ2v) is 9.73. The topological polar surface area (TPSA) is 68.3 Å². The third-order valence-corrected chi connectivity index (χ3v) is 7.08. The van der Waals surface area contributed by atoms with Crippen molar-refractivity contribution in [2.24, 2.45) is 14.1 Å². The standard InChI is InChI=1S/C25H26Cl2N6O2/c1-29-23-22(24(34)30(2)25(29)35)33(15-17-6-8-18(26)9-7-17)21(28-23)16-31-10-12-32(13-11-31)20-5-3-4-19(27)14-20/h3-9,14H,10-13,15-16H2,1-2H3. The molecule has 0 amide bonds. The van der Waals surface area contributed by atoms with Crippen molar-refractivity contribution < 1.29 is 0 Å². The fourth-order valence-corrected chi connectivity index (χ4v) is 4.90. The average molecular weight is 513 g/mol. The highest BCUT2D eigenvalue weighted by molar-refractivity contribution is 6.31. The monoisotopic (exact) mass is 512 g/mol. The van der Waals surface area contributed by atoms with Crippen molar-refractivity contribution in [2.45, 2.75) is 13.1 Å². The summed E-state index contributed by atoms with van der Waals surface area (Å²) in [6.07, 6.45) is 0. The molecule has 5 rings (SSSR count). The van der Waals surface area contributed by atoms with E-state index in [-0.39, 0.29) is 11.2 Å². The van der Waals surface area contributed by atoms with Crippen LogP contribution in [0.1, 0.15) is 11.4 Å². The maximum Gasteiger partial charge on any atom is 0.332 e. The van der Waals surface area contributed by atoms with Crippen molar-refractivity contribution in [2.75, 3.05) is 31.1 Å². The van der Waals surface area contributed by atoms with Gasteiger partial charge in [0.1, 0.15) is 5.82 Å². The van der Waals surface area contributed by atoms with Crippen LogP contribution in [-0.2, 0) is 27.2 Å². The molecule has 1 aliphatic heterocycles. The minimum absolute atomic E-state index is 0.346. The van der Waals surface area contributed by atoms with Crippen LogP contribution in [0.5, 0.6) is 0 Å². The third-order valence-electron chi connectivity index (χ3n) is 6.59. The number of nitrogens with zero attached hydrogens (tertiary/aromatic N) is 6. The van der Waals surface area contributed by atoms with Gasteiger partial charge in [0.05, 0.1) is 6.54 Å². The van der Waals surface area contributed by atoms with Gasteiger partial charge in [-0.1, -0.05) is 41.4 Å². The molecular weight excluding hydrogens is 487 g/mol. The van der Waals surface area contributed by atoms with Gasteiger partial charge in [-0.15, -0.1) is 0 Å². The Hall–Kier alpha value is -3.07. The largest absolute Gasteiger partial charge is 0.369 e. The van der Waals surface area contributed by atoms with E-state index in [1.54, 1.807) is 7.05 Å². The van der Waals surface area contributed by atoms with E-state index >= 15 is 0 Å². The number of benzene rings is 2. The van der Waals surface area contributed by atoms with Gasteiger partial charge >= 0.3 is 5.69 Å². The maximum absolute atomic E-state index is 13.1. The Kier molecular flexibility index (Phi) is 6.44. The number of anilines is 1. The van der Waals surface area contributed by atoms with E-state index in [1.807, 2.05) is 47.0 Å². The van der Waals surface area contributed by atoms with Crippen LogP contribution in [0.3, 0.4) is 0 Å². The first-order valence-corrected chi connectivity index (χ1v) is 12.2. The number of rotatable bonds is 5. The second-order valence-electron chi connectivity index (χ2n) is 8.86. The van der Waals surface area contributed by atoms with Crippen molar-refractivity contribution >= 4 is 40.1 Å². The van der Waals surface area contributed by atoms with Crippen LogP contribution in [0.2, 0.25) is 10.0 Å². The van der Waals surface area contributed by atoms with Crippen LogP contribution >= 0.6 is 23.2 Å². The highest BCUT2D eigenvalue weighted by atomic mass is 35.5. The Balaban J connectivity index is 1.47. The molecule has 1 aliphatic rings. The first-order valence-electron chi connectivity index (χ1n) is 11.4. The number of hydrogen-bond donors (Lipinski definition) is 0. The van der Waals surface area contributed by atoms with Crippen molar-refractivity contribution in [1.82, 2.24) is 23.6 Å². The Bertz CT molecular complexity index is 1500. The summed E-state index contributed by atoms with van der Waals surface area (Å²) in [6.45, 7) is 4.43. The van der Waals surface area contributed by atoms with Crippen molar-refractivity contribution in [3.63, 3.8) is 0 Å². The molecule has 1 saturated heterocycles. The van der Waals surface area contributed by atoms with E-state index in [2.05, 4.69) is 15.9 Å². The molecule has 0 N–H and O–H groups in total. The molecule has 3 heterocycles. The maximum atomic E-state index is 13.1. The Labute approximate surface area is 212 Å². The summed E-state index contributed by atoms with van der Waals surface area (Å²) in [5.41, 5.74) is 2.21. The molecule has 8 nitrogen and oxygen atoms in total. The highest BCUT2D eigenvalue weighted by Gasteiger charge is 2.23. The minimum atomic E-state index is -0.389. The van der Waals surface area contributed by atoms with E-state index in [9.17, 15) is 9.59 Å². The summed E-state index contributed by atoms with van der Waals surface area (Å²) in [5.74, 6) is 0.754. The lowest BCUT2D eigenvalue weighted by Gasteiger charge is -2.36. The lowest BCUT2D eigenvalue weighted by Crippen LogP contribution is -2.46. The lowest BCUT2D eigenvalue weighted by molar-refractivity contribution is 0.241. The van der Waals surface area contributed by atoms with Crippen molar-refractivity contribution in [1.29, 1.82) is 0 Å². The zero-order valence-electron chi connectivity index (χ0n) is 19.6. The van der Waals surface area contributed by atoms with Gasteiger partial charge in [0.15, 0.2) is 11.2 Å². The zero-order valence-corrected chi connectivity index (χ0v) is 21.1. The molecule has 2 aromatic heterocycles. The molecular formula is C25H26Cl2N6O2. The van der Waals surface area contributed by atoms with Gasteiger partial charge in [-0.25, -0.2) is 9.78 Å². The summed E-state index contributed by atoms with van der Waals surface area (Å²) >= 11 is 12.2. The van der Waals surface area contributed by atoms with Gasteiger partial charge in [0, 0.05) is 62.6 Å². The fraction of sp³-hybridized carbons (Fsp3) is 0.320. The normalized spacial score (nSPS) is 14.7. The first kappa shape index (κ1) is 23.7. The smallest absolute Gasteiger partial charge is 0.332 e. The Morgan fingerprint density at radius 2 is 1.57 bits per heavy atom. The van der Waals surface area contributed by atoms with Crippen LogP contribution in [0.25, 0.3) is 11.2 Å². The van der Waals surface area contributed by atoms with E-state index in [1.165, 1.54) is 11.6 Å². The number of aromatic nitrogens is 4. The van der Waals surface area contributed by atoms with Crippen LogP contribution in [-0.4, -0.2) is 49.8 Å². The molecule has 0 aliphatic carbocycles. The van der Waals surface area contributed by atoms with Gasteiger partial charge in [-0.05, 0) is 35.9 Å². The summed E-state index contributed by atoms with van der Waals surface area (Å²) in [6, 6.07) is 15.4. The summed E-state index contributed by atoms with van der Waals surface area (Å²) in [4.78, 5) is 35.1. The summed E-state index contributed by atoms with van der Waals surface area (Å²) < 4.78 is 4.51. The van der Waals surface area contributed by atoms with Crippen LogP contribution in [0.4, 0.5) is 5.69 Å². The molecule has 0 saturated carbocycles. The van der Waals surface area contributed by atoms with Crippen molar-refractivity contribution in [3.8, 4) is 0 Å². The average Bonchev–Trinajstić information content (AvgIpc) is 3.21. The molecule has 0 radical (unpaired) electrons. The Morgan fingerprint density at radius 1 is 0.857 bits per heavy atom. The molecule has 1 fully saturated rings. The predicted molar refractivity (Wildman–Crippen MR) is 140 cm³/mol. The molecule has 10 heteroatoms. The lowest BCUT2D eigenvalue weighted by atomic mass is 10.2. The van der Waals surface area contributed by atoms with Gasteiger partial charge in [-0.2, -0.15) is 0 Å². The molecule has 182 valence electrons. The predicted octanol–water partition coefficient (Wildman–Crippen LogP) is 3.11. The van der Waals surface area contributed by atoms with Gasteiger partial charge in [0.25, 0.3) is 5.56 Å². The molecule has 4 aromatic rings. The van der Waals surface area contributed by atoms with Crippen LogP contribution < -0.4 is 16.1 Å². The second kappa shape index (κ2) is 9.53. The number of halogens is 2. The van der Waals surface area contributed by atoms with Gasteiger partial charge in [0.2, 0.25) is 0 Å². The molecule has 0 unspecified atom stereocenters. The first-order chi connectivity index (χ1) is 16.8. The number of fused-ring (bicyclic) bond motifs is 1. The fourth-order valence-electron chi connectivity index (χ4n) is 4.59. The van der Waals surface area contributed by atoms with Crippen LogP contribution in [0.15, 0.2) is 58.1 Å². The van der Waals surface area contributed by atoms with Crippen LogP contribution in [0, 0.1) is 0 Å². The minimum Gasteiger partial charge on any atom is -0.369 e. The van der Waals surface area contributed by atoms with Gasteiger partial charge in [-0.3, -0.25) is 18.8 Å². The van der Waals surface area contributed by atoms with E-state index in [0.717, 1.165) is 52.8 Å². The quantitative estimate of drug-likeness (QED) is 0.411.